The topological polar surface area (TPSA) is 9.23 Å². The number of rotatable bonds is 0. The summed E-state index contributed by atoms with van der Waals surface area (Å²) in [5, 5.41) is 0. The lowest BCUT2D eigenvalue weighted by Crippen LogP contribution is -1.93. The van der Waals surface area contributed by atoms with E-state index in [-0.39, 0.29) is 0 Å². The number of fused-ring (bicyclic) bond motifs is 1. The molecule has 1 atom stereocenters. The van der Waals surface area contributed by atoms with E-state index in [4.69, 9.17) is 4.74 Å². The van der Waals surface area contributed by atoms with Gasteiger partial charge in [-0.15, -0.1) is 0 Å². The summed E-state index contributed by atoms with van der Waals surface area (Å²) in [6.45, 7) is 9.16. The molecule has 1 aliphatic heterocycles. The molecule has 0 fully saturated rings. The quantitative estimate of drug-likeness (QED) is 0.590. The van der Waals surface area contributed by atoms with Crippen LogP contribution in [0.4, 0.5) is 0 Å². The highest BCUT2D eigenvalue weighted by Crippen LogP contribution is 2.33. The Morgan fingerprint density at radius 2 is 2.00 bits per heavy atom. The van der Waals surface area contributed by atoms with Crippen LogP contribution >= 0.6 is 0 Å². The number of aryl methyl sites for hydroxylation is 1. The molecule has 1 nitrogen and oxygen atoms in total. The van der Waals surface area contributed by atoms with Crippen molar-refractivity contribution in [2.24, 2.45) is 0 Å². The van der Waals surface area contributed by atoms with Crippen LogP contribution in [0, 0.1) is 6.92 Å². The van der Waals surface area contributed by atoms with Gasteiger partial charge in [-0.05, 0) is 13.0 Å². The summed E-state index contributed by atoms with van der Waals surface area (Å²) in [5.74, 6) is 1.65. The summed E-state index contributed by atoms with van der Waals surface area (Å²) in [6, 6.07) is 6.37. The number of hydrogen-bond donors (Lipinski definition) is 0. The fourth-order valence-corrected chi connectivity index (χ4v) is 1.49. The fraction of sp³-hybridized carbons (Fsp3) is 0.500. The molecule has 72 valence electrons. The Labute approximate surface area is 80.7 Å². The smallest absolute Gasteiger partial charge is 0.122 e. The van der Waals surface area contributed by atoms with Crippen LogP contribution in [0.3, 0.4) is 0 Å². The van der Waals surface area contributed by atoms with Gasteiger partial charge in [-0.25, -0.2) is 0 Å². The Bertz CT molecular complexity index is 278. The van der Waals surface area contributed by atoms with Gasteiger partial charge < -0.3 is 4.74 Å². The minimum absolute atomic E-state index is 0.574. The van der Waals surface area contributed by atoms with Crippen molar-refractivity contribution in [2.45, 2.75) is 33.6 Å². The van der Waals surface area contributed by atoms with Gasteiger partial charge in [-0.1, -0.05) is 38.5 Å². The largest absolute Gasteiger partial charge is 0.493 e. The van der Waals surface area contributed by atoms with Gasteiger partial charge in [-0.3, -0.25) is 0 Å². The number of ether oxygens (including phenoxy) is 1. The highest BCUT2D eigenvalue weighted by Gasteiger charge is 2.18. The summed E-state index contributed by atoms with van der Waals surface area (Å²) < 4.78 is 5.47. The van der Waals surface area contributed by atoms with Crippen molar-refractivity contribution in [2.75, 3.05) is 6.61 Å². The molecule has 0 aromatic heterocycles. The standard InChI is InChI=1S/C10H12O.C2H6/c1-7-3-4-10-9(5-7)8(2)6-11-10;1-2/h3-5,8H,6H2,1-2H3;1-2H3. The first-order valence-corrected chi connectivity index (χ1v) is 5.01. The number of benzene rings is 1. The van der Waals surface area contributed by atoms with E-state index in [0.29, 0.717) is 5.92 Å². The van der Waals surface area contributed by atoms with E-state index in [1.807, 2.05) is 13.8 Å². The van der Waals surface area contributed by atoms with Crippen molar-refractivity contribution in [3.63, 3.8) is 0 Å². The van der Waals surface area contributed by atoms with Crippen LogP contribution in [0.15, 0.2) is 18.2 Å². The predicted octanol–water partition coefficient (Wildman–Crippen LogP) is 3.52. The zero-order chi connectivity index (χ0) is 9.84. The van der Waals surface area contributed by atoms with E-state index in [1.54, 1.807) is 0 Å². The van der Waals surface area contributed by atoms with Crippen LogP contribution in [0.1, 0.15) is 37.8 Å². The van der Waals surface area contributed by atoms with Crippen LogP contribution < -0.4 is 4.74 Å². The van der Waals surface area contributed by atoms with Crippen LogP contribution in [-0.2, 0) is 0 Å². The average Bonchev–Trinajstić information content (AvgIpc) is 2.52. The SMILES string of the molecule is CC.Cc1ccc2c(c1)C(C)CO2. The molecule has 13 heavy (non-hydrogen) atoms. The lowest BCUT2D eigenvalue weighted by molar-refractivity contribution is 0.337. The highest BCUT2D eigenvalue weighted by atomic mass is 16.5. The molecule has 0 saturated heterocycles. The van der Waals surface area contributed by atoms with Crippen molar-refractivity contribution in [1.29, 1.82) is 0 Å². The summed E-state index contributed by atoms with van der Waals surface area (Å²) >= 11 is 0. The fourth-order valence-electron chi connectivity index (χ4n) is 1.49. The van der Waals surface area contributed by atoms with Crippen molar-refractivity contribution in [1.82, 2.24) is 0 Å². The molecular formula is C12H18O. The van der Waals surface area contributed by atoms with Gasteiger partial charge in [0.25, 0.3) is 0 Å². The van der Waals surface area contributed by atoms with E-state index < -0.39 is 0 Å². The van der Waals surface area contributed by atoms with Crippen LogP contribution in [0.5, 0.6) is 5.75 Å². The van der Waals surface area contributed by atoms with Gasteiger partial charge in [0.2, 0.25) is 0 Å². The van der Waals surface area contributed by atoms with Crippen molar-refractivity contribution in [3.05, 3.63) is 29.3 Å². The van der Waals surface area contributed by atoms with E-state index in [0.717, 1.165) is 12.4 Å². The third kappa shape index (κ3) is 2.03. The lowest BCUT2D eigenvalue weighted by atomic mass is 10.0. The number of hydrogen-bond acceptors (Lipinski definition) is 1. The summed E-state index contributed by atoms with van der Waals surface area (Å²) in [5.41, 5.74) is 2.69. The maximum Gasteiger partial charge on any atom is 0.122 e. The third-order valence-corrected chi connectivity index (χ3v) is 2.19. The molecule has 0 radical (unpaired) electrons. The van der Waals surface area contributed by atoms with E-state index >= 15 is 0 Å². The van der Waals surface area contributed by atoms with Crippen molar-refractivity contribution < 1.29 is 4.74 Å². The highest BCUT2D eigenvalue weighted by molar-refractivity contribution is 5.41. The van der Waals surface area contributed by atoms with Crippen LogP contribution in [0.2, 0.25) is 0 Å². The maximum absolute atomic E-state index is 5.47. The molecule has 1 aromatic carbocycles. The first kappa shape index (κ1) is 10.1. The van der Waals surface area contributed by atoms with Crippen LogP contribution in [-0.4, -0.2) is 6.61 Å². The normalized spacial score (nSPS) is 18.3. The van der Waals surface area contributed by atoms with E-state index in [1.165, 1.54) is 11.1 Å². The van der Waals surface area contributed by atoms with Crippen molar-refractivity contribution in [3.8, 4) is 5.75 Å². The second-order valence-corrected chi connectivity index (χ2v) is 3.25. The van der Waals surface area contributed by atoms with Crippen molar-refractivity contribution >= 4 is 0 Å². The minimum Gasteiger partial charge on any atom is -0.493 e. The van der Waals surface area contributed by atoms with Gasteiger partial charge in [0.05, 0.1) is 6.61 Å². The maximum atomic E-state index is 5.47. The summed E-state index contributed by atoms with van der Waals surface area (Å²) in [4.78, 5) is 0. The Balaban J connectivity index is 0.000000396. The monoisotopic (exact) mass is 178 g/mol. The zero-order valence-corrected chi connectivity index (χ0v) is 8.92. The third-order valence-electron chi connectivity index (χ3n) is 2.19. The summed E-state index contributed by atoms with van der Waals surface area (Å²) in [7, 11) is 0. The molecule has 0 saturated carbocycles. The second kappa shape index (κ2) is 4.31. The minimum atomic E-state index is 0.574. The Morgan fingerprint density at radius 1 is 1.31 bits per heavy atom. The summed E-state index contributed by atoms with van der Waals surface area (Å²) in [6.07, 6.45) is 0. The molecular weight excluding hydrogens is 160 g/mol. The molecule has 1 aromatic rings. The molecule has 1 unspecified atom stereocenters. The van der Waals surface area contributed by atoms with E-state index in [9.17, 15) is 0 Å². The lowest BCUT2D eigenvalue weighted by Gasteiger charge is -2.00. The van der Waals surface area contributed by atoms with Crippen LogP contribution in [0.25, 0.3) is 0 Å². The average molecular weight is 178 g/mol. The zero-order valence-electron chi connectivity index (χ0n) is 8.92. The predicted molar refractivity (Wildman–Crippen MR) is 56.4 cm³/mol. The Hall–Kier alpha value is -0.980. The molecule has 1 aliphatic rings. The second-order valence-electron chi connectivity index (χ2n) is 3.25. The van der Waals surface area contributed by atoms with Gasteiger partial charge in [-0.2, -0.15) is 0 Å². The first-order valence-electron chi connectivity index (χ1n) is 5.01. The molecule has 0 spiro atoms. The Kier molecular flexibility index (Phi) is 3.35. The molecule has 0 bridgehead atoms. The van der Waals surface area contributed by atoms with Gasteiger partial charge >= 0.3 is 0 Å². The van der Waals surface area contributed by atoms with Gasteiger partial charge in [0.1, 0.15) is 5.75 Å². The van der Waals surface area contributed by atoms with E-state index in [2.05, 4.69) is 32.0 Å². The molecule has 1 heteroatoms. The molecule has 0 amide bonds. The molecule has 0 aliphatic carbocycles. The molecule has 2 rings (SSSR count). The molecule has 1 heterocycles. The first-order chi connectivity index (χ1) is 6.27. The Morgan fingerprint density at radius 3 is 2.69 bits per heavy atom. The van der Waals surface area contributed by atoms with Gasteiger partial charge in [0.15, 0.2) is 0 Å². The van der Waals surface area contributed by atoms with Gasteiger partial charge in [0, 0.05) is 11.5 Å². The molecule has 0 N–H and O–H groups in total.